The molecule has 1 aromatic rings. The normalized spacial score (nSPS) is 15.7. The first-order valence-electron chi connectivity index (χ1n) is 5.76. The van der Waals surface area contributed by atoms with E-state index in [1.807, 2.05) is 0 Å². The first-order chi connectivity index (χ1) is 7.75. The van der Waals surface area contributed by atoms with Gasteiger partial charge >= 0.3 is 0 Å². The highest BCUT2D eigenvalue weighted by Gasteiger charge is 2.25. The van der Waals surface area contributed by atoms with Crippen molar-refractivity contribution in [2.45, 2.75) is 25.4 Å². The van der Waals surface area contributed by atoms with Crippen LogP contribution >= 0.6 is 0 Å². The molecular formula is C12H18FN3. The number of nitrogens with zero attached hydrogens (tertiary/aromatic N) is 2. The molecule has 0 saturated heterocycles. The van der Waals surface area contributed by atoms with Crippen LogP contribution < -0.4 is 5.32 Å². The van der Waals surface area contributed by atoms with Crippen molar-refractivity contribution in [3.8, 4) is 0 Å². The molecule has 1 N–H and O–H groups in total. The molecule has 1 heterocycles. The van der Waals surface area contributed by atoms with E-state index in [-0.39, 0.29) is 5.82 Å². The van der Waals surface area contributed by atoms with Gasteiger partial charge in [-0.1, -0.05) is 0 Å². The van der Waals surface area contributed by atoms with Crippen molar-refractivity contribution in [3.63, 3.8) is 0 Å². The van der Waals surface area contributed by atoms with Crippen molar-refractivity contribution in [3.05, 3.63) is 29.8 Å². The quantitative estimate of drug-likeness (QED) is 0.739. The Balaban J connectivity index is 1.63. The topological polar surface area (TPSA) is 28.2 Å². The molecular weight excluding hydrogens is 205 g/mol. The lowest BCUT2D eigenvalue weighted by atomic mass is 10.3. The number of pyridine rings is 1. The second-order valence-electron chi connectivity index (χ2n) is 4.40. The molecule has 1 aliphatic carbocycles. The Morgan fingerprint density at radius 3 is 3.00 bits per heavy atom. The summed E-state index contributed by atoms with van der Waals surface area (Å²) in [6.45, 7) is 2.67. The van der Waals surface area contributed by atoms with E-state index in [4.69, 9.17) is 0 Å². The van der Waals surface area contributed by atoms with Gasteiger partial charge in [0.1, 0.15) is 5.82 Å². The van der Waals surface area contributed by atoms with E-state index in [0.717, 1.165) is 24.7 Å². The molecule has 88 valence electrons. The molecule has 0 bridgehead atoms. The van der Waals surface area contributed by atoms with Gasteiger partial charge in [-0.25, -0.2) is 4.39 Å². The zero-order chi connectivity index (χ0) is 11.4. The number of likely N-dealkylation sites (N-methyl/N-ethyl adjacent to an activating group) is 1. The number of aromatic nitrogens is 1. The van der Waals surface area contributed by atoms with Crippen molar-refractivity contribution in [1.82, 2.24) is 15.2 Å². The maximum Gasteiger partial charge on any atom is 0.141 e. The average molecular weight is 223 g/mol. The van der Waals surface area contributed by atoms with E-state index in [9.17, 15) is 4.39 Å². The highest BCUT2D eigenvalue weighted by molar-refractivity contribution is 5.09. The molecule has 1 aliphatic rings. The smallest absolute Gasteiger partial charge is 0.141 e. The third-order valence-corrected chi connectivity index (χ3v) is 2.90. The lowest BCUT2D eigenvalue weighted by Gasteiger charge is -2.15. The zero-order valence-corrected chi connectivity index (χ0v) is 9.62. The standard InChI is InChI=1S/C12H18FN3/c1-16(12-2-3-12)5-4-14-7-10-6-11(13)9-15-8-10/h6,8-9,12,14H,2-5,7H2,1H3. The maximum absolute atomic E-state index is 12.8. The monoisotopic (exact) mass is 223 g/mol. The van der Waals surface area contributed by atoms with E-state index in [1.165, 1.54) is 25.1 Å². The summed E-state index contributed by atoms with van der Waals surface area (Å²) < 4.78 is 12.8. The molecule has 2 rings (SSSR count). The fourth-order valence-corrected chi connectivity index (χ4v) is 1.74. The average Bonchev–Trinajstić information content (AvgIpc) is 3.08. The van der Waals surface area contributed by atoms with Gasteiger partial charge in [0.25, 0.3) is 0 Å². The third kappa shape index (κ3) is 3.54. The Hall–Kier alpha value is -1.00. The van der Waals surface area contributed by atoms with E-state index in [1.54, 1.807) is 6.20 Å². The predicted octanol–water partition coefficient (Wildman–Crippen LogP) is 1.40. The summed E-state index contributed by atoms with van der Waals surface area (Å²) in [7, 11) is 2.16. The minimum atomic E-state index is -0.269. The summed E-state index contributed by atoms with van der Waals surface area (Å²) >= 11 is 0. The summed E-state index contributed by atoms with van der Waals surface area (Å²) in [6, 6.07) is 2.32. The van der Waals surface area contributed by atoms with Gasteiger partial charge in [0.2, 0.25) is 0 Å². The van der Waals surface area contributed by atoms with Crippen LogP contribution in [0.15, 0.2) is 18.5 Å². The van der Waals surface area contributed by atoms with Crippen LogP contribution in [0, 0.1) is 5.82 Å². The summed E-state index contributed by atoms with van der Waals surface area (Å²) in [5.41, 5.74) is 0.897. The fourth-order valence-electron chi connectivity index (χ4n) is 1.74. The first-order valence-corrected chi connectivity index (χ1v) is 5.76. The fraction of sp³-hybridized carbons (Fsp3) is 0.583. The summed E-state index contributed by atoms with van der Waals surface area (Å²) in [5.74, 6) is -0.269. The molecule has 0 atom stereocenters. The molecule has 1 fully saturated rings. The molecule has 4 heteroatoms. The summed E-state index contributed by atoms with van der Waals surface area (Å²) in [5, 5.41) is 3.29. The van der Waals surface area contributed by atoms with Crippen LogP contribution in [0.3, 0.4) is 0 Å². The van der Waals surface area contributed by atoms with Gasteiger partial charge in [-0.15, -0.1) is 0 Å². The van der Waals surface area contributed by atoms with Crippen molar-refractivity contribution < 1.29 is 4.39 Å². The number of hydrogen-bond acceptors (Lipinski definition) is 3. The van der Waals surface area contributed by atoms with Crippen molar-refractivity contribution in [2.75, 3.05) is 20.1 Å². The summed E-state index contributed by atoms with van der Waals surface area (Å²) in [4.78, 5) is 6.18. The Labute approximate surface area is 95.7 Å². The molecule has 16 heavy (non-hydrogen) atoms. The SMILES string of the molecule is CN(CCNCc1cncc(F)c1)C1CC1. The zero-order valence-electron chi connectivity index (χ0n) is 9.62. The van der Waals surface area contributed by atoms with Crippen LogP contribution in [0.1, 0.15) is 18.4 Å². The maximum atomic E-state index is 12.8. The van der Waals surface area contributed by atoms with E-state index in [0.29, 0.717) is 6.54 Å². The Kier molecular flexibility index (Phi) is 3.85. The molecule has 3 nitrogen and oxygen atoms in total. The Bertz CT molecular complexity index is 339. The van der Waals surface area contributed by atoms with Crippen LogP contribution in [-0.4, -0.2) is 36.1 Å². The lowest BCUT2D eigenvalue weighted by molar-refractivity contribution is 0.321. The first kappa shape index (κ1) is 11.5. The molecule has 1 saturated carbocycles. The van der Waals surface area contributed by atoms with Crippen molar-refractivity contribution >= 4 is 0 Å². The van der Waals surface area contributed by atoms with Gasteiger partial charge in [0.05, 0.1) is 6.20 Å². The van der Waals surface area contributed by atoms with Crippen LogP contribution in [0.2, 0.25) is 0 Å². The van der Waals surface area contributed by atoms with Gasteiger partial charge in [-0.2, -0.15) is 0 Å². The van der Waals surface area contributed by atoms with Gasteiger partial charge < -0.3 is 10.2 Å². The minimum absolute atomic E-state index is 0.269. The van der Waals surface area contributed by atoms with Crippen LogP contribution in [-0.2, 0) is 6.54 Å². The second-order valence-corrected chi connectivity index (χ2v) is 4.40. The second kappa shape index (κ2) is 5.37. The molecule has 1 aromatic heterocycles. The van der Waals surface area contributed by atoms with E-state index < -0.39 is 0 Å². The minimum Gasteiger partial charge on any atom is -0.311 e. The number of hydrogen-bond donors (Lipinski definition) is 1. The Morgan fingerprint density at radius 1 is 1.50 bits per heavy atom. The van der Waals surface area contributed by atoms with Crippen LogP contribution in [0.25, 0.3) is 0 Å². The lowest BCUT2D eigenvalue weighted by Crippen LogP contribution is -2.30. The van der Waals surface area contributed by atoms with Crippen LogP contribution in [0.4, 0.5) is 4.39 Å². The van der Waals surface area contributed by atoms with Crippen molar-refractivity contribution in [2.24, 2.45) is 0 Å². The molecule has 0 spiro atoms. The van der Waals surface area contributed by atoms with Crippen LogP contribution in [0.5, 0.6) is 0 Å². The molecule has 0 amide bonds. The van der Waals surface area contributed by atoms with E-state index >= 15 is 0 Å². The number of halogens is 1. The molecule has 0 radical (unpaired) electrons. The predicted molar refractivity (Wildman–Crippen MR) is 61.6 cm³/mol. The third-order valence-electron chi connectivity index (χ3n) is 2.90. The van der Waals surface area contributed by atoms with E-state index in [2.05, 4.69) is 22.2 Å². The molecule has 0 aromatic carbocycles. The van der Waals surface area contributed by atoms with Gasteiger partial charge in [0.15, 0.2) is 0 Å². The highest BCUT2D eigenvalue weighted by Crippen LogP contribution is 2.24. The number of rotatable bonds is 6. The molecule has 0 unspecified atom stereocenters. The number of nitrogens with one attached hydrogen (secondary N) is 1. The summed E-state index contributed by atoms with van der Waals surface area (Å²) in [6.07, 6.45) is 5.60. The Morgan fingerprint density at radius 2 is 2.31 bits per heavy atom. The van der Waals surface area contributed by atoms with Gasteiger partial charge in [-0.05, 0) is 31.5 Å². The largest absolute Gasteiger partial charge is 0.311 e. The highest BCUT2D eigenvalue weighted by atomic mass is 19.1. The van der Waals surface area contributed by atoms with Gasteiger partial charge in [0, 0.05) is 31.9 Å². The van der Waals surface area contributed by atoms with Gasteiger partial charge in [-0.3, -0.25) is 4.98 Å². The van der Waals surface area contributed by atoms with Crippen molar-refractivity contribution in [1.29, 1.82) is 0 Å². The molecule has 0 aliphatic heterocycles.